The lowest BCUT2D eigenvalue weighted by atomic mass is 9.68. The van der Waals surface area contributed by atoms with Crippen LogP contribution in [0.5, 0.6) is 0 Å². The number of alkyl carbamates (subject to hydrolysis) is 1. The highest BCUT2D eigenvalue weighted by Crippen LogP contribution is 2.72. The third kappa shape index (κ3) is 5.86. The molecular formula is C33H48N2O5. The van der Waals surface area contributed by atoms with Crippen molar-refractivity contribution in [2.45, 2.75) is 104 Å². The summed E-state index contributed by atoms with van der Waals surface area (Å²) in [4.78, 5) is 38.6. The molecule has 7 nitrogen and oxygen atoms in total. The number of amides is 2. The summed E-state index contributed by atoms with van der Waals surface area (Å²) in [5, 5.41) is 18.6. The highest BCUT2D eigenvalue weighted by atomic mass is 16.6. The zero-order chi connectivity index (χ0) is 29.6. The zero-order valence-corrected chi connectivity index (χ0v) is 25.3. The lowest BCUT2D eigenvalue weighted by molar-refractivity contribution is -0.135. The highest BCUT2D eigenvalue weighted by molar-refractivity contribution is 5.83. The van der Waals surface area contributed by atoms with Crippen LogP contribution in [0.1, 0.15) is 78.9 Å². The van der Waals surface area contributed by atoms with E-state index in [1.54, 1.807) is 6.92 Å². The summed E-state index contributed by atoms with van der Waals surface area (Å²) in [6, 6.07) is 7.19. The number of carbonyl (C=O) groups is 3. The van der Waals surface area contributed by atoms with E-state index in [4.69, 9.17) is 4.74 Å². The monoisotopic (exact) mass is 552 g/mol. The summed E-state index contributed by atoms with van der Waals surface area (Å²) < 4.78 is 5.63. The number of rotatable bonds is 10. The molecule has 0 aromatic heterocycles. The van der Waals surface area contributed by atoms with E-state index in [1.165, 1.54) is 11.1 Å². The first-order valence-corrected chi connectivity index (χ1v) is 14.8. The molecule has 3 aliphatic rings. The van der Waals surface area contributed by atoms with Crippen molar-refractivity contribution < 1.29 is 24.2 Å². The fraction of sp³-hybridized carbons (Fsp3) is 0.667. The second-order valence-electron chi connectivity index (χ2n) is 14.2. The van der Waals surface area contributed by atoms with Crippen LogP contribution in [0.3, 0.4) is 0 Å². The minimum Gasteiger partial charge on any atom is -0.444 e. The summed E-state index contributed by atoms with van der Waals surface area (Å²) >= 11 is 0. The molecule has 7 unspecified atom stereocenters. The van der Waals surface area contributed by atoms with Gasteiger partial charge >= 0.3 is 6.09 Å². The standard InChI is InChI=1S/C33H48N2O5/c1-9-12-25(19(2)18-36)34-29(37)26-23(17-24-27(26)32(24,6)7)33(8,39)28(35-30(38)40-31(3,4)5)22-15-20-13-10-11-14-21(20)16-22/h10-11,13-14,18,22-28,39H,2,9,12,15-17H2,1,3-8H3,(H,34,37)(H,35,38). The maximum Gasteiger partial charge on any atom is 0.407 e. The molecule has 40 heavy (non-hydrogen) atoms. The molecule has 7 heteroatoms. The lowest BCUT2D eigenvalue weighted by Crippen LogP contribution is -2.61. The maximum atomic E-state index is 14.0. The van der Waals surface area contributed by atoms with Crippen LogP contribution in [0.4, 0.5) is 4.79 Å². The SMILES string of the molecule is C=C(C=O)C(CCC)NC(=O)C1C2C(CC1C(C)(O)C(NC(=O)OC(C)(C)C)C1Cc3ccccc3C1)C2(C)C. The van der Waals surface area contributed by atoms with Gasteiger partial charge < -0.3 is 20.5 Å². The van der Waals surface area contributed by atoms with Gasteiger partial charge in [-0.1, -0.05) is 58.0 Å². The van der Waals surface area contributed by atoms with E-state index in [0.29, 0.717) is 30.6 Å². The first-order valence-electron chi connectivity index (χ1n) is 14.8. The maximum absolute atomic E-state index is 14.0. The van der Waals surface area contributed by atoms with Gasteiger partial charge in [0.1, 0.15) is 11.9 Å². The summed E-state index contributed by atoms with van der Waals surface area (Å²) in [7, 11) is 0. The molecule has 0 radical (unpaired) electrons. The molecule has 3 N–H and O–H groups in total. The molecule has 0 bridgehead atoms. The van der Waals surface area contributed by atoms with Gasteiger partial charge in [-0.15, -0.1) is 0 Å². The smallest absolute Gasteiger partial charge is 0.407 e. The number of carbonyl (C=O) groups excluding carboxylic acids is 3. The van der Waals surface area contributed by atoms with E-state index in [2.05, 4.69) is 43.2 Å². The zero-order valence-electron chi connectivity index (χ0n) is 25.3. The number of ether oxygens (including phenoxy) is 1. The summed E-state index contributed by atoms with van der Waals surface area (Å²) in [5.41, 5.74) is 0.731. The Bertz CT molecular complexity index is 1120. The Morgan fingerprint density at radius 1 is 1.15 bits per heavy atom. The van der Waals surface area contributed by atoms with E-state index in [1.807, 2.05) is 39.8 Å². The Labute approximate surface area is 239 Å². The second-order valence-corrected chi connectivity index (χ2v) is 14.2. The molecule has 0 spiro atoms. The number of hydrogen-bond acceptors (Lipinski definition) is 5. The first-order chi connectivity index (χ1) is 18.6. The number of nitrogens with one attached hydrogen (secondary N) is 2. The van der Waals surface area contributed by atoms with Crippen LogP contribution >= 0.6 is 0 Å². The van der Waals surface area contributed by atoms with Crippen molar-refractivity contribution in [3.05, 3.63) is 47.5 Å². The molecule has 2 fully saturated rings. The van der Waals surface area contributed by atoms with Crippen LogP contribution in [0.2, 0.25) is 0 Å². The van der Waals surface area contributed by atoms with Crippen LogP contribution in [0, 0.1) is 35.0 Å². The topological polar surface area (TPSA) is 105 Å². The molecule has 2 amide bonds. The van der Waals surface area contributed by atoms with Crippen molar-refractivity contribution in [2.24, 2.45) is 35.0 Å². The minimum absolute atomic E-state index is 0.00576. The fourth-order valence-corrected chi connectivity index (χ4v) is 7.79. The number of benzene rings is 1. The van der Waals surface area contributed by atoms with Crippen molar-refractivity contribution in [1.82, 2.24) is 10.6 Å². The molecule has 0 saturated heterocycles. The number of fused-ring (bicyclic) bond motifs is 2. The van der Waals surface area contributed by atoms with E-state index < -0.39 is 35.3 Å². The summed E-state index contributed by atoms with van der Waals surface area (Å²) in [6.45, 7) is 17.5. The van der Waals surface area contributed by atoms with Gasteiger partial charge in [-0.3, -0.25) is 9.59 Å². The molecule has 7 atom stereocenters. The Morgan fingerprint density at radius 2 is 1.75 bits per heavy atom. The molecule has 0 heterocycles. The van der Waals surface area contributed by atoms with Crippen LogP contribution in [-0.2, 0) is 27.2 Å². The van der Waals surface area contributed by atoms with Gasteiger partial charge in [0.15, 0.2) is 0 Å². The Hall–Kier alpha value is -2.67. The molecule has 3 aliphatic carbocycles. The Morgan fingerprint density at radius 3 is 2.27 bits per heavy atom. The van der Waals surface area contributed by atoms with Gasteiger partial charge in [0.2, 0.25) is 5.91 Å². The lowest BCUT2D eigenvalue weighted by Gasteiger charge is -2.45. The van der Waals surface area contributed by atoms with E-state index in [-0.39, 0.29) is 29.1 Å². The van der Waals surface area contributed by atoms with Gasteiger partial charge in [0.05, 0.1) is 17.7 Å². The fourth-order valence-electron chi connectivity index (χ4n) is 7.79. The van der Waals surface area contributed by atoms with Gasteiger partial charge in [0.25, 0.3) is 0 Å². The Balaban J connectivity index is 1.65. The van der Waals surface area contributed by atoms with Crippen molar-refractivity contribution in [3.63, 3.8) is 0 Å². The second kappa shape index (κ2) is 11.0. The molecule has 220 valence electrons. The van der Waals surface area contributed by atoms with Crippen LogP contribution in [0.15, 0.2) is 36.4 Å². The van der Waals surface area contributed by atoms with Crippen LogP contribution in [-0.4, -0.2) is 46.7 Å². The molecular weight excluding hydrogens is 504 g/mol. The molecule has 0 aliphatic heterocycles. The third-order valence-electron chi connectivity index (χ3n) is 9.87. The third-order valence-corrected chi connectivity index (χ3v) is 9.87. The first kappa shape index (κ1) is 30.3. The highest BCUT2D eigenvalue weighted by Gasteiger charge is 2.71. The van der Waals surface area contributed by atoms with E-state index in [9.17, 15) is 19.5 Å². The van der Waals surface area contributed by atoms with Crippen molar-refractivity contribution in [3.8, 4) is 0 Å². The number of hydrogen-bond donors (Lipinski definition) is 3. The van der Waals surface area contributed by atoms with Crippen molar-refractivity contribution >= 4 is 18.3 Å². The van der Waals surface area contributed by atoms with Crippen LogP contribution in [0.25, 0.3) is 0 Å². The average Bonchev–Trinajstić information content (AvgIpc) is 3.24. The van der Waals surface area contributed by atoms with Gasteiger partial charge in [-0.25, -0.2) is 4.79 Å². The quantitative estimate of drug-likeness (QED) is 0.280. The predicted octanol–water partition coefficient (Wildman–Crippen LogP) is 4.99. The van der Waals surface area contributed by atoms with E-state index in [0.717, 1.165) is 19.3 Å². The number of aldehydes is 1. The summed E-state index contributed by atoms with van der Waals surface area (Å²) in [5.74, 6) is -0.571. The number of aliphatic hydroxyl groups is 1. The molecule has 4 rings (SSSR count). The molecule has 1 aromatic rings. The largest absolute Gasteiger partial charge is 0.444 e. The average molecular weight is 553 g/mol. The predicted molar refractivity (Wildman–Crippen MR) is 156 cm³/mol. The molecule has 2 saturated carbocycles. The molecule has 1 aromatic carbocycles. The van der Waals surface area contributed by atoms with Gasteiger partial charge in [-0.05, 0) is 87.7 Å². The Kier molecular flexibility index (Phi) is 8.30. The normalized spacial score (nSPS) is 27.9. The summed E-state index contributed by atoms with van der Waals surface area (Å²) in [6.07, 6.45) is 3.72. The van der Waals surface area contributed by atoms with Gasteiger partial charge in [0, 0.05) is 17.4 Å². The van der Waals surface area contributed by atoms with Crippen molar-refractivity contribution in [2.75, 3.05) is 0 Å². The van der Waals surface area contributed by atoms with E-state index >= 15 is 0 Å². The van der Waals surface area contributed by atoms with Crippen LogP contribution < -0.4 is 10.6 Å². The van der Waals surface area contributed by atoms with Crippen molar-refractivity contribution in [1.29, 1.82) is 0 Å². The minimum atomic E-state index is -1.38. The van der Waals surface area contributed by atoms with Gasteiger partial charge in [-0.2, -0.15) is 0 Å².